The number of halogens is 2. The van der Waals surface area contributed by atoms with Crippen LogP contribution in [0.15, 0.2) is 0 Å². The maximum Gasteiger partial charge on any atom is 0.315 e. The Bertz CT molecular complexity index is 137. The number of hydrogen-bond donors (Lipinski definition) is 1. The fourth-order valence-corrected chi connectivity index (χ4v) is 0.568. The Morgan fingerprint density at radius 3 is 2.00 bits per heavy atom. The van der Waals surface area contributed by atoms with Crippen molar-refractivity contribution in [1.82, 2.24) is 0 Å². The van der Waals surface area contributed by atoms with Crippen LogP contribution >= 0.6 is 24.8 Å². The van der Waals surface area contributed by atoms with Gasteiger partial charge in [-0.3, -0.25) is 10.2 Å². The van der Waals surface area contributed by atoms with Gasteiger partial charge >= 0.3 is 5.97 Å². The van der Waals surface area contributed by atoms with Gasteiger partial charge in [0.25, 0.3) is 0 Å². The topological polar surface area (TPSA) is 59.4 Å². The number of esters is 1. The summed E-state index contributed by atoms with van der Waals surface area (Å²) >= 11 is 0. The minimum Gasteiger partial charge on any atom is -0.481 e. The predicted octanol–water partition coefficient (Wildman–Crippen LogP) is 1.80. The quantitative estimate of drug-likeness (QED) is 0.456. The van der Waals surface area contributed by atoms with Gasteiger partial charge in [-0.1, -0.05) is 0 Å². The third-order valence-electron chi connectivity index (χ3n) is 0.929. The van der Waals surface area contributed by atoms with Gasteiger partial charge in [-0.2, -0.15) is 0 Å². The Labute approximate surface area is 90.3 Å². The van der Waals surface area contributed by atoms with E-state index < -0.39 is 5.97 Å². The van der Waals surface area contributed by atoms with E-state index in [9.17, 15) is 4.79 Å². The van der Waals surface area contributed by atoms with Crippen molar-refractivity contribution in [3.05, 3.63) is 0 Å². The lowest BCUT2D eigenvalue weighted by atomic mass is 10.4. The van der Waals surface area contributed by atoms with Crippen molar-refractivity contribution in [2.75, 3.05) is 13.2 Å². The van der Waals surface area contributed by atoms with Gasteiger partial charge in [-0.05, 0) is 13.8 Å². The van der Waals surface area contributed by atoms with E-state index in [4.69, 9.17) is 10.1 Å². The molecular formula is C7H15Cl2NO3. The van der Waals surface area contributed by atoms with Gasteiger partial charge in [0, 0.05) is 0 Å². The molecule has 0 aromatic rings. The number of carbonyl (C=O) groups excluding carboxylic acids is 1. The predicted molar refractivity (Wildman–Crippen MR) is 55.1 cm³/mol. The molecule has 0 bridgehead atoms. The van der Waals surface area contributed by atoms with Gasteiger partial charge in [0.2, 0.25) is 0 Å². The standard InChI is InChI=1S/C7H13NO3.2ClH/c1-3-10-6(8)5-7(9)11-4-2;;/h8H,3-5H2,1-2H3;2*1H. The zero-order chi connectivity index (χ0) is 8.69. The first-order valence-electron chi connectivity index (χ1n) is 3.56. The van der Waals surface area contributed by atoms with Gasteiger partial charge in [0.1, 0.15) is 6.42 Å². The van der Waals surface area contributed by atoms with E-state index in [-0.39, 0.29) is 37.1 Å². The Kier molecular flexibility index (Phi) is 16.2. The Morgan fingerprint density at radius 2 is 1.62 bits per heavy atom. The molecule has 0 unspecified atom stereocenters. The van der Waals surface area contributed by atoms with Crippen molar-refractivity contribution in [1.29, 1.82) is 5.41 Å². The van der Waals surface area contributed by atoms with Crippen LogP contribution in [0, 0.1) is 5.41 Å². The van der Waals surface area contributed by atoms with Gasteiger partial charge in [0.05, 0.1) is 13.2 Å². The van der Waals surface area contributed by atoms with Gasteiger partial charge in [0.15, 0.2) is 5.90 Å². The molecule has 0 aromatic carbocycles. The third-order valence-corrected chi connectivity index (χ3v) is 0.929. The number of nitrogens with one attached hydrogen (secondary N) is 1. The molecule has 4 nitrogen and oxygen atoms in total. The average molecular weight is 232 g/mol. The number of hydrogen-bond acceptors (Lipinski definition) is 4. The molecule has 0 fully saturated rings. The molecule has 0 aliphatic carbocycles. The summed E-state index contributed by atoms with van der Waals surface area (Å²) in [6.45, 7) is 4.25. The molecule has 6 heteroatoms. The van der Waals surface area contributed by atoms with Crippen molar-refractivity contribution in [3.63, 3.8) is 0 Å². The average Bonchev–Trinajstić information content (AvgIpc) is 1.87. The molecule has 0 saturated heterocycles. The minimum atomic E-state index is -0.411. The smallest absolute Gasteiger partial charge is 0.315 e. The molecule has 0 saturated carbocycles. The highest BCUT2D eigenvalue weighted by molar-refractivity contribution is 5.92. The second-order valence-corrected chi connectivity index (χ2v) is 1.84. The lowest BCUT2D eigenvalue weighted by Gasteiger charge is -2.03. The number of ether oxygens (including phenoxy) is 2. The first-order valence-corrected chi connectivity index (χ1v) is 3.56. The minimum absolute atomic E-state index is 0. The van der Waals surface area contributed by atoms with E-state index in [2.05, 4.69) is 4.74 Å². The van der Waals surface area contributed by atoms with E-state index in [0.29, 0.717) is 13.2 Å². The van der Waals surface area contributed by atoms with E-state index >= 15 is 0 Å². The van der Waals surface area contributed by atoms with E-state index in [1.165, 1.54) is 0 Å². The van der Waals surface area contributed by atoms with Crippen LogP contribution in [0.2, 0.25) is 0 Å². The fourth-order valence-electron chi connectivity index (χ4n) is 0.568. The summed E-state index contributed by atoms with van der Waals surface area (Å²) in [6, 6.07) is 0. The highest BCUT2D eigenvalue weighted by atomic mass is 35.5. The van der Waals surface area contributed by atoms with Crippen LogP contribution < -0.4 is 0 Å². The second-order valence-electron chi connectivity index (χ2n) is 1.84. The maximum absolute atomic E-state index is 10.7. The molecule has 1 N–H and O–H groups in total. The Balaban J connectivity index is -0.000000500. The molecular weight excluding hydrogens is 217 g/mol. The van der Waals surface area contributed by atoms with Gasteiger partial charge in [-0.15, -0.1) is 24.8 Å². The lowest BCUT2D eigenvalue weighted by molar-refractivity contribution is -0.141. The summed E-state index contributed by atoms with van der Waals surface area (Å²) in [4.78, 5) is 10.7. The monoisotopic (exact) mass is 231 g/mol. The zero-order valence-electron chi connectivity index (χ0n) is 7.66. The molecule has 0 aromatic heterocycles. The lowest BCUT2D eigenvalue weighted by Crippen LogP contribution is -2.12. The van der Waals surface area contributed by atoms with Crippen LogP contribution in [0.1, 0.15) is 20.3 Å². The first kappa shape index (κ1) is 18.3. The maximum atomic E-state index is 10.7. The molecule has 0 spiro atoms. The SMILES string of the molecule is CCOC(=N)CC(=O)OCC.Cl.Cl. The van der Waals surface area contributed by atoms with Crippen LogP contribution in [0.3, 0.4) is 0 Å². The highest BCUT2D eigenvalue weighted by Gasteiger charge is 2.06. The highest BCUT2D eigenvalue weighted by Crippen LogP contribution is 1.90. The summed E-state index contributed by atoms with van der Waals surface area (Å²) < 4.78 is 9.34. The fraction of sp³-hybridized carbons (Fsp3) is 0.714. The van der Waals surface area contributed by atoms with Crippen molar-refractivity contribution in [2.45, 2.75) is 20.3 Å². The van der Waals surface area contributed by atoms with Crippen molar-refractivity contribution in [3.8, 4) is 0 Å². The molecule has 13 heavy (non-hydrogen) atoms. The van der Waals surface area contributed by atoms with Crippen LogP contribution in [-0.4, -0.2) is 25.1 Å². The van der Waals surface area contributed by atoms with Crippen LogP contribution in [-0.2, 0) is 14.3 Å². The van der Waals surface area contributed by atoms with E-state index in [1.807, 2.05) is 0 Å². The zero-order valence-corrected chi connectivity index (χ0v) is 9.30. The van der Waals surface area contributed by atoms with E-state index in [1.54, 1.807) is 13.8 Å². The van der Waals surface area contributed by atoms with Gasteiger partial charge in [-0.25, -0.2) is 0 Å². The summed E-state index contributed by atoms with van der Waals surface area (Å²) in [5.74, 6) is -0.447. The van der Waals surface area contributed by atoms with Crippen LogP contribution in [0.25, 0.3) is 0 Å². The summed E-state index contributed by atoms with van der Waals surface area (Å²) in [6.07, 6.45) is -0.0678. The normalized spacial score (nSPS) is 7.54. The Morgan fingerprint density at radius 1 is 1.15 bits per heavy atom. The summed E-state index contributed by atoms with van der Waals surface area (Å²) in [7, 11) is 0. The van der Waals surface area contributed by atoms with Crippen LogP contribution in [0.5, 0.6) is 0 Å². The van der Waals surface area contributed by atoms with Crippen molar-refractivity contribution >= 4 is 36.7 Å². The molecule has 0 amide bonds. The second kappa shape index (κ2) is 11.5. The molecule has 0 aliphatic heterocycles. The molecule has 0 heterocycles. The molecule has 0 atom stereocenters. The van der Waals surface area contributed by atoms with Gasteiger partial charge < -0.3 is 9.47 Å². The molecule has 0 rings (SSSR count). The molecule has 0 aliphatic rings. The number of carbonyl (C=O) groups is 1. The van der Waals surface area contributed by atoms with Crippen LogP contribution in [0.4, 0.5) is 0 Å². The van der Waals surface area contributed by atoms with Crippen molar-refractivity contribution < 1.29 is 14.3 Å². The summed E-state index contributed by atoms with van der Waals surface area (Å²) in [5, 5.41) is 7.07. The Hall–Kier alpha value is -0.480. The number of rotatable bonds is 4. The van der Waals surface area contributed by atoms with Crippen molar-refractivity contribution in [2.24, 2.45) is 0 Å². The largest absolute Gasteiger partial charge is 0.481 e. The molecule has 0 radical (unpaired) electrons. The first-order chi connectivity index (χ1) is 5.20. The van der Waals surface area contributed by atoms with E-state index in [0.717, 1.165) is 0 Å². The third kappa shape index (κ3) is 11.5. The summed E-state index contributed by atoms with van der Waals surface area (Å²) in [5.41, 5.74) is 0. The molecule has 80 valence electrons.